The van der Waals surface area contributed by atoms with Crippen LogP contribution in [0.2, 0.25) is 0 Å². The van der Waals surface area contributed by atoms with Gasteiger partial charge in [-0.2, -0.15) is 8.78 Å². The Morgan fingerprint density at radius 1 is 1.70 bits per heavy atom. The van der Waals surface area contributed by atoms with Crippen LogP contribution >= 0.6 is 0 Å². The minimum Gasteiger partial charge on any atom is -0.442 e. The number of halogens is 2. The highest BCUT2D eigenvalue weighted by Gasteiger charge is 2.33. The zero-order chi connectivity index (χ0) is 7.61. The Bertz CT molecular complexity index is 197. The first-order chi connectivity index (χ1) is 4.67. The lowest BCUT2D eigenvalue weighted by Crippen LogP contribution is -2.24. The van der Waals surface area contributed by atoms with Crippen molar-refractivity contribution >= 4 is 0 Å². The van der Waals surface area contributed by atoms with Crippen LogP contribution in [0.25, 0.3) is 0 Å². The van der Waals surface area contributed by atoms with Gasteiger partial charge in [-0.15, -0.1) is 0 Å². The molecule has 0 spiro atoms. The minimum absolute atomic E-state index is 0.491. The molecule has 0 unspecified atom stereocenters. The average molecular weight is 148 g/mol. The number of aromatic nitrogens is 1. The van der Waals surface area contributed by atoms with Gasteiger partial charge in [-0.1, -0.05) is 0 Å². The predicted octanol–water partition coefficient (Wildman–Crippen LogP) is 0.725. The van der Waals surface area contributed by atoms with Crippen LogP contribution in [0.5, 0.6) is 0 Å². The molecule has 0 saturated heterocycles. The molecule has 1 aromatic heterocycles. The van der Waals surface area contributed by atoms with Gasteiger partial charge in [0.2, 0.25) is 0 Å². The monoisotopic (exact) mass is 148 g/mol. The number of alkyl halides is 2. The first kappa shape index (κ1) is 7.14. The smallest absolute Gasteiger partial charge is 0.318 e. The highest BCUT2D eigenvalue weighted by atomic mass is 19.3. The van der Waals surface area contributed by atoms with Crippen LogP contribution in [0.4, 0.5) is 8.78 Å². The third kappa shape index (κ3) is 1.13. The maximum Gasteiger partial charge on any atom is 0.318 e. The number of rotatable bonds is 2. The van der Waals surface area contributed by atoms with Gasteiger partial charge < -0.3 is 10.2 Å². The largest absolute Gasteiger partial charge is 0.442 e. The zero-order valence-electron chi connectivity index (χ0n) is 5.05. The van der Waals surface area contributed by atoms with Gasteiger partial charge in [0.1, 0.15) is 0 Å². The van der Waals surface area contributed by atoms with Crippen LogP contribution < -0.4 is 5.73 Å². The second-order valence-corrected chi connectivity index (χ2v) is 1.77. The number of hydrogen-bond acceptors (Lipinski definition) is 3. The Hall–Kier alpha value is -0.970. The van der Waals surface area contributed by atoms with Gasteiger partial charge in [-0.25, -0.2) is 4.98 Å². The van der Waals surface area contributed by atoms with Gasteiger partial charge in [-0.05, 0) is 0 Å². The van der Waals surface area contributed by atoms with Gasteiger partial charge in [0.05, 0.1) is 12.7 Å². The molecular formula is C5H6F2N2O. The standard InChI is InChI=1S/C5H6F2N2O/c6-5(7,2-8)4-1-9-3-10-4/h1,3H,2,8H2. The summed E-state index contributed by atoms with van der Waals surface area (Å²) in [7, 11) is 0. The third-order valence-corrected chi connectivity index (χ3v) is 1.05. The van der Waals surface area contributed by atoms with Crippen molar-refractivity contribution in [1.82, 2.24) is 4.98 Å². The second kappa shape index (κ2) is 2.34. The van der Waals surface area contributed by atoms with Gasteiger partial charge in [0.15, 0.2) is 12.2 Å². The summed E-state index contributed by atoms with van der Waals surface area (Å²) in [5, 5.41) is 0. The Labute approximate surface area is 55.8 Å². The Balaban J connectivity index is 2.85. The molecule has 1 heterocycles. The van der Waals surface area contributed by atoms with E-state index in [0.29, 0.717) is 0 Å². The fraction of sp³-hybridized carbons (Fsp3) is 0.400. The van der Waals surface area contributed by atoms with E-state index < -0.39 is 18.2 Å². The molecule has 0 amide bonds. The summed E-state index contributed by atoms with van der Waals surface area (Å²) in [5.74, 6) is -3.58. The van der Waals surface area contributed by atoms with E-state index in [9.17, 15) is 8.78 Å². The van der Waals surface area contributed by atoms with Crippen molar-refractivity contribution in [2.45, 2.75) is 5.92 Å². The van der Waals surface area contributed by atoms with E-state index in [4.69, 9.17) is 5.73 Å². The molecule has 1 rings (SSSR count). The van der Waals surface area contributed by atoms with Crippen molar-refractivity contribution in [3.8, 4) is 0 Å². The number of hydrogen-bond donors (Lipinski definition) is 1. The molecule has 56 valence electrons. The summed E-state index contributed by atoms with van der Waals surface area (Å²) in [5.41, 5.74) is 4.76. The maximum absolute atomic E-state index is 12.5. The van der Waals surface area contributed by atoms with Crippen LogP contribution in [0.1, 0.15) is 5.76 Å². The molecule has 1 aromatic rings. The van der Waals surface area contributed by atoms with E-state index >= 15 is 0 Å². The minimum atomic E-state index is -3.09. The highest BCUT2D eigenvalue weighted by molar-refractivity contribution is 4.99. The van der Waals surface area contributed by atoms with Gasteiger partial charge >= 0.3 is 5.92 Å². The summed E-state index contributed by atoms with van der Waals surface area (Å²) in [6.45, 7) is -0.762. The molecule has 0 fully saturated rings. The lowest BCUT2D eigenvalue weighted by molar-refractivity contribution is -0.0159. The van der Waals surface area contributed by atoms with Gasteiger partial charge in [0, 0.05) is 0 Å². The molecule has 3 nitrogen and oxygen atoms in total. The Morgan fingerprint density at radius 3 is 2.80 bits per heavy atom. The first-order valence-electron chi connectivity index (χ1n) is 2.63. The topological polar surface area (TPSA) is 52.0 Å². The van der Waals surface area contributed by atoms with Crippen LogP contribution in [-0.2, 0) is 5.92 Å². The molecule has 0 atom stereocenters. The number of nitrogens with zero attached hydrogens (tertiary/aromatic N) is 1. The molecule has 0 aromatic carbocycles. The predicted molar refractivity (Wildman–Crippen MR) is 29.5 cm³/mol. The third-order valence-electron chi connectivity index (χ3n) is 1.05. The molecule has 10 heavy (non-hydrogen) atoms. The first-order valence-corrected chi connectivity index (χ1v) is 2.63. The number of nitrogens with two attached hydrogens (primary N) is 1. The van der Waals surface area contributed by atoms with Crippen LogP contribution in [0.3, 0.4) is 0 Å². The molecule has 0 bridgehead atoms. The summed E-state index contributed by atoms with van der Waals surface area (Å²) >= 11 is 0. The molecule has 0 aliphatic rings. The molecule has 0 saturated carbocycles. The van der Waals surface area contributed by atoms with E-state index in [2.05, 4.69) is 9.40 Å². The highest BCUT2D eigenvalue weighted by Crippen LogP contribution is 2.25. The van der Waals surface area contributed by atoms with E-state index in [0.717, 1.165) is 12.6 Å². The summed E-state index contributed by atoms with van der Waals surface area (Å²) in [6.07, 6.45) is 1.89. The lowest BCUT2D eigenvalue weighted by atomic mass is 10.3. The Morgan fingerprint density at radius 2 is 2.40 bits per heavy atom. The molecular weight excluding hydrogens is 142 g/mol. The summed E-state index contributed by atoms with van der Waals surface area (Å²) in [6, 6.07) is 0. The van der Waals surface area contributed by atoms with Crippen LogP contribution in [-0.4, -0.2) is 11.5 Å². The van der Waals surface area contributed by atoms with Crippen molar-refractivity contribution in [3.05, 3.63) is 18.4 Å². The van der Waals surface area contributed by atoms with Gasteiger partial charge in [0.25, 0.3) is 0 Å². The maximum atomic E-state index is 12.5. The SMILES string of the molecule is NCC(F)(F)c1cnco1. The molecule has 0 aliphatic carbocycles. The average Bonchev–Trinajstić information content (AvgIpc) is 2.38. The zero-order valence-corrected chi connectivity index (χ0v) is 5.05. The van der Waals surface area contributed by atoms with Crippen LogP contribution in [0, 0.1) is 0 Å². The lowest BCUT2D eigenvalue weighted by Gasteiger charge is -2.07. The van der Waals surface area contributed by atoms with Crippen molar-refractivity contribution in [2.75, 3.05) is 6.54 Å². The summed E-state index contributed by atoms with van der Waals surface area (Å²) < 4.78 is 29.3. The molecule has 5 heteroatoms. The normalized spacial score (nSPS) is 11.9. The summed E-state index contributed by atoms with van der Waals surface area (Å²) in [4.78, 5) is 3.33. The molecule has 0 radical (unpaired) electrons. The van der Waals surface area contributed by atoms with E-state index in [1.807, 2.05) is 0 Å². The van der Waals surface area contributed by atoms with Crippen molar-refractivity contribution in [1.29, 1.82) is 0 Å². The van der Waals surface area contributed by atoms with Crippen LogP contribution in [0.15, 0.2) is 17.0 Å². The van der Waals surface area contributed by atoms with E-state index in [1.165, 1.54) is 0 Å². The van der Waals surface area contributed by atoms with Crippen molar-refractivity contribution < 1.29 is 13.2 Å². The second-order valence-electron chi connectivity index (χ2n) is 1.77. The fourth-order valence-electron chi connectivity index (χ4n) is 0.497. The van der Waals surface area contributed by atoms with Crippen molar-refractivity contribution in [2.24, 2.45) is 5.73 Å². The van der Waals surface area contributed by atoms with Crippen molar-refractivity contribution in [3.63, 3.8) is 0 Å². The Kier molecular flexibility index (Phi) is 1.67. The fourth-order valence-corrected chi connectivity index (χ4v) is 0.497. The number of oxazole rings is 1. The molecule has 0 aliphatic heterocycles. The quantitative estimate of drug-likeness (QED) is 0.672. The van der Waals surface area contributed by atoms with E-state index in [-0.39, 0.29) is 0 Å². The molecule has 2 N–H and O–H groups in total. The van der Waals surface area contributed by atoms with E-state index in [1.54, 1.807) is 0 Å². The van der Waals surface area contributed by atoms with Gasteiger partial charge in [-0.3, -0.25) is 0 Å².